The topological polar surface area (TPSA) is 49.4 Å². The van der Waals surface area contributed by atoms with E-state index in [0.29, 0.717) is 0 Å². The van der Waals surface area contributed by atoms with Crippen molar-refractivity contribution in [2.24, 2.45) is 0 Å². The van der Waals surface area contributed by atoms with Crippen molar-refractivity contribution in [3.63, 3.8) is 0 Å². The first-order valence-corrected chi connectivity index (χ1v) is 5.87. The van der Waals surface area contributed by atoms with Crippen LogP contribution in [0.4, 0.5) is 4.79 Å². The molecule has 1 saturated heterocycles. The summed E-state index contributed by atoms with van der Waals surface area (Å²) in [6.45, 7) is 2.03. The number of amides is 3. The van der Waals surface area contributed by atoms with Crippen molar-refractivity contribution >= 4 is 11.9 Å². The van der Waals surface area contributed by atoms with E-state index in [0.717, 1.165) is 38.5 Å². The number of rotatable bonds is 3. The number of nitrogens with one attached hydrogen (secondary N) is 1. The Morgan fingerprint density at radius 2 is 2.00 bits per heavy atom. The van der Waals surface area contributed by atoms with Crippen molar-refractivity contribution in [1.82, 2.24) is 10.2 Å². The second kappa shape index (κ2) is 4.21. The van der Waals surface area contributed by atoms with Crippen LogP contribution in [-0.4, -0.2) is 28.9 Å². The van der Waals surface area contributed by atoms with Gasteiger partial charge in [-0.15, -0.1) is 0 Å². The monoisotopic (exact) mass is 210 g/mol. The summed E-state index contributed by atoms with van der Waals surface area (Å²) in [5, 5.41) is 2.77. The zero-order valence-electron chi connectivity index (χ0n) is 9.16. The number of nitrogens with zero attached hydrogens (tertiary/aromatic N) is 1. The second-order valence-corrected chi connectivity index (χ2v) is 4.44. The van der Waals surface area contributed by atoms with Gasteiger partial charge >= 0.3 is 6.03 Å². The standard InChI is InChI=1S/C11H18N2O2/c1-2-5-9-10(14)13(11(15)12-9)8-6-3-4-7-8/h8-9H,2-7H2,1H3,(H,12,15). The summed E-state index contributed by atoms with van der Waals surface area (Å²) in [5.41, 5.74) is 0. The first kappa shape index (κ1) is 10.5. The van der Waals surface area contributed by atoms with Crippen molar-refractivity contribution in [1.29, 1.82) is 0 Å². The fourth-order valence-corrected chi connectivity index (χ4v) is 2.54. The second-order valence-electron chi connectivity index (χ2n) is 4.44. The lowest BCUT2D eigenvalue weighted by Gasteiger charge is -2.20. The van der Waals surface area contributed by atoms with Gasteiger partial charge in [0.1, 0.15) is 6.04 Å². The Morgan fingerprint density at radius 1 is 1.33 bits per heavy atom. The van der Waals surface area contributed by atoms with Crippen LogP contribution >= 0.6 is 0 Å². The summed E-state index contributed by atoms with van der Waals surface area (Å²) in [7, 11) is 0. The van der Waals surface area contributed by atoms with E-state index in [1.54, 1.807) is 0 Å². The number of imide groups is 1. The highest BCUT2D eigenvalue weighted by molar-refractivity contribution is 6.04. The zero-order chi connectivity index (χ0) is 10.8. The maximum Gasteiger partial charge on any atom is 0.325 e. The molecule has 2 rings (SSSR count). The van der Waals surface area contributed by atoms with Gasteiger partial charge < -0.3 is 5.32 Å². The molecule has 0 aromatic heterocycles. The van der Waals surface area contributed by atoms with Crippen LogP contribution < -0.4 is 5.32 Å². The lowest BCUT2D eigenvalue weighted by atomic mass is 10.1. The van der Waals surface area contributed by atoms with Crippen LogP contribution in [0.25, 0.3) is 0 Å². The average Bonchev–Trinajstić information content (AvgIpc) is 2.77. The lowest BCUT2D eigenvalue weighted by molar-refractivity contribution is -0.129. The summed E-state index contributed by atoms with van der Waals surface area (Å²) in [4.78, 5) is 25.1. The van der Waals surface area contributed by atoms with Gasteiger partial charge in [0, 0.05) is 6.04 Å². The van der Waals surface area contributed by atoms with E-state index in [2.05, 4.69) is 5.32 Å². The van der Waals surface area contributed by atoms with Gasteiger partial charge in [0.15, 0.2) is 0 Å². The molecule has 0 bridgehead atoms. The Labute approximate surface area is 90.0 Å². The molecule has 1 atom stereocenters. The first-order chi connectivity index (χ1) is 7.24. The van der Waals surface area contributed by atoms with E-state index in [4.69, 9.17) is 0 Å². The van der Waals surface area contributed by atoms with Crippen LogP contribution in [0.5, 0.6) is 0 Å². The third-order valence-electron chi connectivity index (χ3n) is 3.32. The van der Waals surface area contributed by atoms with Gasteiger partial charge in [-0.25, -0.2) is 4.79 Å². The summed E-state index contributed by atoms with van der Waals surface area (Å²) >= 11 is 0. The van der Waals surface area contributed by atoms with Crippen LogP contribution in [0.15, 0.2) is 0 Å². The van der Waals surface area contributed by atoms with Gasteiger partial charge in [0.05, 0.1) is 0 Å². The Bertz CT molecular complexity index is 272. The van der Waals surface area contributed by atoms with E-state index in [1.165, 1.54) is 4.90 Å². The highest BCUT2D eigenvalue weighted by Gasteiger charge is 2.41. The number of carbonyl (C=O) groups excluding carboxylic acids is 2. The van der Waals surface area contributed by atoms with E-state index < -0.39 is 0 Å². The predicted octanol–water partition coefficient (Wildman–Crippen LogP) is 1.65. The average molecular weight is 210 g/mol. The third kappa shape index (κ3) is 1.85. The van der Waals surface area contributed by atoms with E-state index in [-0.39, 0.29) is 24.0 Å². The third-order valence-corrected chi connectivity index (χ3v) is 3.32. The molecule has 15 heavy (non-hydrogen) atoms. The van der Waals surface area contributed by atoms with Crippen molar-refractivity contribution < 1.29 is 9.59 Å². The van der Waals surface area contributed by atoms with Crippen LogP contribution in [0, 0.1) is 0 Å². The fraction of sp³-hybridized carbons (Fsp3) is 0.818. The Kier molecular flexibility index (Phi) is 2.93. The highest BCUT2D eigenvalue weighted by atomic mass is 16.2. The smallest absolute Gasteiger partial charge is 0.325 e. The minimum atomic E-state index is -0.261. The molecule has 2 aliphatic rings. The molecule has 4 heteroatoms. The summed E-state index contributed by atoms with van der Waals surface area (Å²) < 4.78 is 0. The molecule has 1 aliphatic heterocycles. The fourth-order valence-electron chi connectivity index (χ4n) is 2.54. The molecule has 1 N–H and O–H groups in total. The van der Waals surface area contributed by atoms with Crippen LogP contribution in [0.3, 0.4) is 0 Å². The van der Waals surface area contributed by atoms with Gasteiger partial charge in [-0.1, -0.05) is 26.2 Å². The van der Waals surface area contributed by atoms with Crippen molar-refractivity contribution in [2.45, 2.75) is 57.5 Å². The largest absolute Gasteiger partial charge is 0.326 e. The molecule has 0 aromatic carbocycles. The van der Waals surface area contributed by atoms with Gasteiger partial charge in [0.2, 0.25) is 0 Å². The molecule has 1 unspecified atom stereocenters. The summed E-state index contributed by atoms with van der Waals surface area (Å²) in [6.07, 6.45) is 5.93. The van der Waals surface area contributed by atoms with Gasteiger partial charge in [-0.2, -0.15) is 0 Å². The molecule has 1 heterocycles. The Morgan fingerprint density at radius 3 is 2.60 bits per heavy atom. The molecule has 0 radical (unpaired) electrons. The number of hydrogen-bond donors (Lipinski definition) is 1. The quantitative estimate of drug-likeness (QED) is 0.720. The molecule has 2 fully saturated rings. The van der Waals surface area contributed by atoms with Crippen molar-refractivity contribution in [2.75, 3.05) is 0 Å². The van der Waals surface area contributed by atoms with Crippen LogP contribution in [0.1, 0.15) is 45.4 Å². The SMILES string of the molecule is CCCC1NC(=O)N(C2CCCC2)C1=O. The molecule has 1 saturated carbocycles. The van der Waals surface area contributed by atoms with Crippen molar-refractivity contribution in [3.8, 4) is 0 Å². The number of carbonyl (C=O) groups is 2. The molecule has 3 amide bonds. The minimum Gasteiger partial charge on any atom is -0.326 e. The zero-order valence-corrected chi connectivity index (χ0v) is 9.16. The molecule has 1 aliphatic carbocycles. The molecule has 0 aromatic rings. The molecular weight excluding hydrogens is 192 g/mol. The molecule has 84 valence electrons. The summed E-state index contributed by atoms with van der Waals surface area (Å²) in [5.74, 6) is -0.00579. The number of urea groups is 1. The van der Waals surface area contributed by atoms with Crippen LogP contribution in [-0.2, 0) is 4.79 Å². The Hall–Kier alpha value is -1.06. The van der Waals surface area contributed by atoms with Gasteiger partial charge in [-0.3, -0.25) is 9.69 Å². The lowest BCUT2D eigenvalue weighted by Crippen LogP contribution is -2.39. The maximum atomic E-state index is 11.9. The van der Waals surface area contributed by atoms with E-state index >= 15 is 0 Å². The Balaban J connectivity index is 2.05. The minimum absolute atomic E-state index is 0.00579. The number of hydrogen-bond acceptors (Lipinski definition) is 2. The van der Waals surface area contributed by atoms with E-state index in [1.807, 2.05) is 6.92 Å². The maximum absolute atomic E-state index is 11.9. The molecular formula is C11H18N2O2. The predicted molar refractivity (Wildman–Crippen MR) is 56.3 cm³/mol. The normalized spacial score (nSPS) is 27.5. The van der Waals surface area contributed by atoms with Crippen molar-refractivity contribution in [3.05, 3.63) is 0 Å². The summed E-state index contributed by atoms with van der Waals surface area (Å²) in [6, 6.07) is -0.271. The van der Waals surface area contributed by atoms with E-state index in [9.17, 15) is 9.59 Å². The van der Waals surface area contributed by atoms with Gasteiger partial charge in [-0.05, 0) is 19.3 Å². The van der Waals surface area contributed by atoms with Gasteiger partial charge in [0.25, 0.3) is 5.91 Å². The van der Waals surface area contributed by atoms with Crippen LogP contribution in [0.2, 0.25) is 0 Å². The first-order valence-electron chi connectivity index (χ1n) is 5.87. The molecule has 0 spiro atoms. The molecule has 4 nitrogen and oxygen atoms in total. The highest BCUT2D eigenvalue weighted by Crippen LogP contribution is 2.26.